The second-order valence-electron chi connectivity index (χ2n) is 4.61. The van der Waals surface area contributed by atoms with Gasteiger partial charge in [0.15, 0.2) is 0 Å². The molecule has 0 spiro atoms. The fraction of sp³-hybridized carbons (Fsp3) is 0.400. The summed E-state index contributed by atoms with van der Waals surface area (Å²) in [7, 11) is 0. The maximum absolute atomic E-state index is 4.28. The lowest BCUT2D eigenvalue weighted by Crippen LogP contribution is -2.01. The van der Waals surface area contributed by atoms with Crippen molar-refractivity contribution in [3.05, 3.63) is 79.7 Å². The number of hydrogen-bond acceptors (Lipinski definition) is 1. The maximum atomic E-state index is 4.28. The van der Waals surface area contributed by atoms with Gasteiger partial charge in [-0.05, 0) is 30.2 Å². The third-order valence-corrected chi connectivity index (χ3v) is 2.86. The van der Waals surface area contributed by atoms with Gasteiger partial charge in [0.05, 0.1) is 5.69 Å². The van der Waals surface area contributed by atoms with E-state index in [-0.39, 0.29) is 5.92 Å². The van der Waals surface area contributed by atoms with Crippen LogP contribution in [0.4, 0.5) is 0 Å². The molecule has 0 saturated heterocycles. The normalized spacial score (nSPS) is 9.38. The number of allylic oxidation sites excluding steroid dienone is 3. The van der Waals surface area contributed by atoms with Crippen molar-refractivity contribution < 1.29 is 0 Å². The van der Waals surface area contributed by atoms with Gasteiger partial charge in [0.1, 0.15) is 0 Å². The molecule has 0 bridgehead atoms. The molecule has 0 aliphatic carbocycles. The average molecular weight is 358 g/mol. The molecule has 26 heavy (non-hydrogen) atoms. The van der Waals surface area contributed by atoms with Crippen LogP contribution in [0.3, 0.4) is 0 Å². The van der Waals surface area contributed by atoms with Crippen molar-refractivity contribution in [1.29, 1.82) is 0 Å². The van der Waals surface area contributed by atoms with Crippen LogP contribution in [0.2, 0.25) is 0 Å². The summed E-state index contributed by atoms with van der Waals surface area (Å²) in [6.45, 7) is 34.1. The molecule has 1 nitrogen and oxygen atoms in total. The molecule has 1 atom stereocenters. The summed E-state index contributed by atoms with van der Waals surface area (Å²) in [5.74, 6) is 0.251. The fourth-order valence-electron chi connectivity index (χ4n) is 1.83. The first-order chi connectivity index (χ1) is 12.6. The highest BCUT2D eigenvalue weighted by Crippen LogP contribution is 2.28. The highest BCUT2D eigenvalue weighted by atomic mass is 14.7. The lowest BCUT2D eigenvalue weighted by atomic mass is 9.89. The molecule has 1 aromatic heterocycles. The number of aromatic nitrogens is 1. The molecule has 0 aromatic carbocycles. The number of nitrogens with zero attached hydrogens (tertiary/aromatic N) is 1. The Morgan fingerprint density at radius 1 is 1.08 bits per heavy atom. The van der Waals surface area contributed by atoms with Crippen LogP contribution in [0.1, 0.15) is 84.5 Å². The van der Waals surface area contributed by atoms with Crippen LogP contribution in [0, 0.1) is 0 Å². The van der Waals surface area contributed by atoms with Gasteiger partial charge >= 0.3 is 0 Å². The number of rotatable bonds is 5. The summed E-state index contributed by atoms with van der Waals surface area (Å²) in [5.41, 5.74) is 4.18. The highest BCUT2D eigenvalue weighted by molar-refractivity contribution is 5.64. The lowest BCUT2D eigenvalue weighted by molar-refractivity contribution is 0.915. The van der Waals surface area contributed by atoms with Crippen LogP contribution in [-0.2, 0) is 0 Å². The molecule has 1 heterocycles. The van der Waals surface area contributed by atoms with Gasteiger partial charge in [-0.3, -0.25) is 4.98 Å². The van der Waals surface area contributed by atoms with E-state index in [1.54, 1.807) is 12.3 Å². The van der Waals surface area contributed by atoms with Gasteiger partial charge in [-0.1, -0.05) is 92.9 Å². The van der Waals surface area contributed by atoms with E-state index in [9.17, 15) is 0 Å². The Hall–Kier alpha value is -2.15. The zero-order chi connectivity index (χ0) is 21.5. The van der Waals surface area contributed by atoms with Gasteiger partial charge in [0.2, 0.25) is 0 Å². The largest absolute Gasteiger partial charge is 0.256 e. The van der Waals surface area contributed by atoms with Crippen molar-refractivity contribution in [2.75, 3.05) is 0 Å². The van der Waals surface area contributed by atoms with Gasteiger partial charge in [0, 0.05) is 17.7 Å². The van der Waals surface area contributed by atoms with Gasteiger partial charge < -0.3 is 0 Å². The molecule has 1 heteroatoms. The maximum Gasteiger partial charge on any atom is 0.0698 e. The second kappa shape index (κ2) is 25.1. The Bertz CT molecular complexity index is 495. The van der Waals surface area contributed by atoms with Crippen molar-refractivity contribution in [3.8, 4) is 0 Å². The van der Waals surface area contributed by atoms with Gasteiger partial charge in [0.25, 0.3) is 0 Å². The minimum absolute atomic E-state index is 0.251. The van der Waals surface area contributed by atoms with E-state index in [2.05, 4.69) is 58.6 Å². The standard InChI is InChI=1S/C16H19N.C3H8.2C2H6.C2H4/c1-6-9-12(4)13(5)15-10-11-17-16(8-3)14(15)7-2;1-3-2;3*1-2/h6-11,13H,2-4H2,1,5H3;3H2,1-2H3;2*1-2H3;1-2H2/b9-6-;;;;. The van der Waals surface area contributed by atoms with E-state index in [1.807, 2.05) is 58.9 Å². The number of pyridine rings is 1. The first kappa shape index (κ1) is 31.6. The number of hydrogen-bond donors (Lipinski definition) is 0. The smallest absolute Gasteiger partial charge is 0.0698 e. The quantitative estimate of drug-likeness (QED) is 0.378. The van der Waals surface area contributed by atoms with Crippen LogP contribution in [-0.4, -0.2) is 4.98 Å². The Kier molecular flexibility index (Phi) is 30.5. The summed E-state index contributed by atoms with van der Waals surface area (Å²) < 4.78 is 0. The van der Waals surface area contributed by atoms with E-state index >= 15 is 0 Å². The zero-order valence-electron chi connectivity index (χ0n) is 18.7. The summed E-state index contributed by atoms with van der Waals surface area (Å²) in [4.78, 5) is 4.28. The van der Waals surface area contributed by atoms with Crippen LogP contribution < -0.4 is 0 Å². The van der Waals surface area contributed by atoms with Crippen molar-refractivity contribution in [2.24, 2.45) is 0 Å². The highest BCUT2D eigenvalue weighted by Gasteiger charge is 2.12. The Morgan fingerprint density at radius 2 is 1.54 bits per heavy atom. The molecule has 1 aromatic rings. The molecule has 0 aliphatic heterocycles. The van der Waals surface area contributed by atoms with Gasteiger partial charge in [-0.15, -0.1) is 13.2 Å². The first-order valence-electron chi connectivity index (χ1n) is 9.62. The van der Waals surface area contributed by atoms with Crippen LogP contribution in [0.15, 0.2) is 62.9 Å². The van der Waals surface area contributed by atoms with Gasteiger partial charge in [-0.2, -0.15) is 0 Å². The minimum Gasteiger partial charge on any atom is -0.256 e. The lowest BCUT2D eigenvalue weighted by Gasteiger charge is -2.16. The topological polar surface area (TPSA) is 12.9 Å². The Labute approximate surface area is 165 Å². The average Bonchev–Trinajstić information content (AvgIpc) is 2.72. The third kappa shape index (κ3) is 13.2. The van der Waals surface area contributed by atoms with E-state index in [4.69, 9.17) is 0 Å². The Balaban J connectivity index is -0.000000231. The molecule has 0 saturated carbocycles. The second-order valence-corrected chi connectivity index (χ2v) is 4.61. The van der Waals surface area contributed by atoms with E-state index in [0.717, 1.165) is 16.8 Å². The molecule has 1 unspecified atom stereocenters. The molecule has 148 valence electrons. The first-order valence-corrected chi connectivity index (χ1v) is 9.62. The zero-order valence-corrected chi connectivity index (χ0v) is 18.7. The molecule has 0 radical (unpaired) electrons. The van der Waals surface area contributed by atoms with Crippen LogP contribution >= 0.6 is 0 Å². The molecular formula is C25H43N. The van der Waals surface area contributed by atoms with Crippen LogP contribution in [0.5, 0.6) is 0 Å². The van der Waals surface area contributed by atoms with E-state index < -0.39 is 0 Å². The van der Waals surface area contributed by atoms with Crippen LogP contribution in [0.25, 0.3) is 12.2 Å². The van der Waals surface area contributed by atoms with Crippen molar-refractivity contribution >= 4 is 12.2 Å². The predicted octanol–water partition coefficient (Wildman–Crippen LogP) is 8.87. The summed E-state index contributed by atoms with van der Waals surface area (Å²) >= 11 is 0. The minimum atomic E-state index is 0.251. The summed E-state index contributed by atoms with van der Waals surface area (Å²) in [5, 5.41) is 0. The fourth-order valence-corrected chi connectivity index (χ4v) is 1.83. The molecule has 0 N–H and O–H groups in total. The molecular weight excluding hydrogens is 314 g/mol. The van der Waals surface area contributed by atoms with E-state index in [1.165, 1.54) is 12.0 Å². The summed E-state index contributed by atoms with van der Waals surface area (Å²) in [6, 6.07) is 2.02. The predicted molar refractivity (Wildman–Crippen MR) is 127 cm³/mol. The SMILES string of the molecule is C=C.C=Cc1nccc(C(C)C(=C)/C=C\C)c1C=C.CC.CC.CCC. The van der Waals surface area contributed by atoms with Crippen molar-refractivity contribution in [2.45, 2.75) is 67.7 Å². The summed E-state index contributed by atoms with van der Waals surface area (Å²) in [6.07, 6.45) is 10.7. The monoisotopic (exact) mass is 357 g/mol. The molecule has 0 fully saturated rings. The molecule has 0 aliphatic rings. The van der Waals surface area contributed by atoms with E-state index in [0.29, 0.717) is 0 Å². The molecule has 0 amide bonds. The van der Waals surface area contributed by atoms with Crippen molar-refractivity contribution in [1.82, 2.24) is 4.98 Å². The molecule has 1 rings (SSSR count). The van der Waals surface area contributed by atoms with Gasteiger partial charge in [-0.25, -0.2) is 0 Å². The Morgan fingerprint density at radius 3 is 1.88 bits per heavy atom. The van der Waals surface area contributed by atoms with Crippen molar-refractivity contribution in [3.63, 3.8) is 0 Å². The third-order valence-electron chi connectivity index (χ3n) is 2.86.